The lowest BCUT2D eigenvalue weighted by molar-refractivity contribution is -0.371. The van der Waals surface area contributed by atoms with Crippen molar-refractivity contribution < 1.29 is 41.0 Å². The first-order chi connectivity index (χ1) is 13.4. The maximum Gasteiger partial charge on any atom is 0.440 e. The third-order valence-electron chi connectivity index (χ3n) is 4.60. The number of aliphatic imine (C=N–C) groups is 1. The Morgan fingerprint density at radius 3 is 1.83 bits per heavy atom. The standard InChI is InChI=1S/C19H13F6NO3/c20-18(21,22)17(19(23,24)25)16(15(27)28,11-12-7-3-1-4-8-12)26-14(29-17)13-9-5-2-6-10-13/h1-10H,11H2,(H,27,28). The number of alkyl halides is 6. The van der Waals surface area contributed by atoms with Gasteiger partial charge in [-0.25, -0.2) is 9.79 Å². The van der Waals surface area contributed by atoms with Crippen LogP contribution in [0.15, 0.2) is 65.7 Å². The normalized spacial score (nSPS) is 21.4. The molecule has 0 aliphatic carbocycles. The zero-order valence-electron chi connectivity index (χ0n) is 14.5. The fourth-order valence-corrected chi connectivity index (χ4v) is 3.28. The maximum absolute atomic E-state index is 14.0. The molecule has 2 aromatic carbocycles. The number of benzene rings is 2. The second kappa shape index (κ2) is 6.78. The van der Waals surface area contributed by atoms with Crippen LogP contribution in [0.5, 0.6) is 0 Å². The lowest BCUT2D eigenvalue weighted by Crippen LogP contribution is -2.72. The fourth-order valence-electron chi connectivity index (χ4n) is 3.28. The molecule has 1 unspecified atom stereocenters. The predicted octanol–water partition coefficient (Wildman–Crippen LogP) is 4.39. The van der Waals surface area contributed by atoms with Gasteiger partial charge in [0.05, 0.1) is 0 Å². The molecule has 154 valence electrons. The molecule has 0 aromatic heterocycles. The molecule has 1 aliphatic heterocycles. The first-order valence-corrected chi connectivity index (χ1v) is 8.20. The van der Waals surface area contributed by atoms with Crippen molar-refractivity contribution in [3.8, 4) is 0 Å². The molecule has 0 fully saturated rings. The molecule has 1 atom stereocenters. The topological polar surface area (TPSA) is 58.9 Å². The van der Waals surface area contributed by atoms with E-state index in [9.17, 15) is 36.2 Å². The number of aliphatic carboxylic acids is 1. The van der Waals surface area contributed by atoms with Gasteiger partial charge in [0.1, 0.15) is 0 Å². The van der Waals surface area contributed by atoms with Gasteiger partial charge in [0.2, 0.25) is 11.4 Å². The second-order valence-corrected chi connectivity index (χ2v) is 6.39. The van der Waals surface area contributed by atoms with E-state index in [4.69, 9.17) is 0 Å². The molecule has 0 radical (unpaired) electrons. The number of ether oxygens (including phenoxy) is 1. The first kappa shape index (κ1) is 20.7. The Morgan fingerprint density at radius 1 is 0.897 bits per heavy atom. The highest BCUT2D eigenvalue weighted by molar-refractivity contribution is 6.00. The molecular formula is C19H13F6NO3. The summed E-state index contributed by atoms with van der Waals surface area (Å²) in [6.07, 6.45) is -13.4. The number of nitrogens with zero attached hydrogens (tertiary/aromatic N) is 1. The molecule has 3 rings (SSSR count). The van der Waals surface area contributed by atoms with Crippen molar-refractivity contribution in [3.63, 3.8) is 0 Å². The van der Waals surface area contributed by atoms with E-state index in [0.29, 0.717) is 0 Å². The van der Waals surface area contributed by atoms with Gasteiger partial charge in [0, 0.05) is 12.0 Å². The molecule has 0 amide bonds. The highest BCUT2D eigenvalue weighted by Crippen LogP contribution is 2.57. The third-order valence-corrected chi connectivity index (χ3v) is 4.60. The van der Waals surface area contributed by atoms with Crippen molar-refractivity contribution in [3.05, 3.63) is 71.8 Å². The van der Waals surface area contributed by atoms with Crippen molar-refractivity contribution >= 4 is 11.9 Å². The summed E-state index contributed by atoms with van der Waals surface area (Å²) < 4.78 is 88.3. The molecule has 1 N–H and O–H groups in total. The van der Waals surface area contributed by atoms with E-state index in [1.165, 1.54) is 60.7 Å². The van der Waals surface area contributed by atoms with Crippen LogP contribution in [0.2, 0.25) is 0 Å². The average molecular weight is 417 g/mol. The number of carboxylic acid groups (broad SMARTS) is 1. The van der Waals surface area contributed by atoms with Crippen molar-refractivity contribution in [1.29, 1.82) is 0 Å². The number of carboxylic acids is 1. The first-order valence-electron chi connectivity index (χ1n) is 8.20. The van der Waals surface area contributed by atoms with Gasteiger partial charge in [-0.05, 0) is 17.7 Å². The summed E-state index contributed by atoms with van der Waals surface area (Å²) in [5.74, 6) is -3.44. The van der Waals surface area contributed by atoms with E-state index in [1.54, 1.807) is 0 Å². The Morgan fingerprint density at radius 2 is 1.38 bits per heavy atom. The van der Waals surface area contributed by atoms with Gasteiger partial charge in [-0.2, -0.15) is 26.3 Å². The molecule has 1 aliphatic rings. The summed E-state index contributed by atoms with van der Waals surface area (Å²) >= 11 is 0. The minimum Gasteiger partial charge on any atom is -0.479 e. The molecule has 0 spiro atoms. The summed E-state index contributed by atoms with van der Waals surface area (Å²) in [5.41, 5.74) is -9.06. The van der Waals surface area contributed by atoms with E-state index in [1.807, 2.05) is 0 Å². The predicted molar refractivity (Wildman–Crippen MR) is 89.4 cm³/mol. The molecule has 2 aromatic rings. The maximum atomic E-state index is 14.0. The number of rotatable bonds is 4. The second-order valence-electron chi connectivity index (χ2n) is 6.39. The van der Waals surface area contributed by atoms with Crippen molar-refractivity contribution in [2.75, 3.05) is 0 Å². The number of hydrogen-bond donors (Lipinski definition) is 1. The molecule has 0 saturated carbocycles. The zero-order valence-corrected chi connectivity index (χ0v) is 14.5. The van der Waals surface area contributed by atoms with Gasteiger partial charge in [-0.1, -0.05) is 48.5 Å². The average Bonchev–Trinajstić information content (AvgIpc) is 3.01. The monoisotopic (exact) mass is 417 g/mol. The Kier molecular flexibility index (Phi) is 4.84. The number of carbonyl (C=O) groups is 1. The van der Waals surface area contributed by atoms with E-state index < -0.39 is 41.8 Å². The van der Waals surface area contributed by atoms with E-state index in [2.05, 4.69) is 9.73 Å². The molecule has 1 heterocycles. The number of halogens is 6. The van der Waals surface area contributed by atoms with Gasteiger partial charge < -0.3 is 9.84 Å². The van der Waals surface area contributed by atoms with Crippen LogP contribution >= 0.6 is 0 Å². The van der Waals surface area contributed by atoms with Gasteiger partial charge in [0.25, 0.3) is 0 Å². The lowest BCUT2D eigenvalue weighted by Gasteiger charge is -2.41. The summed E-state index contributed by atoms with van der Waals surface area (Å²) in [7, 11) is 0. The highest BCUT2D eigenvalue weighted by Gasteiger charge is 2.87. The summed E-state index contributed by atoms with van der Waals surface area (Å²) in [4.78, 5) is 15.5. The summed E-state index contributed by atoms with van der Waals surface area (Å²) in [5, 5.41) is 9.66. The molecule has 29 heavy (non-hydrogen) atoms. The molecular weight excluding hydrogens is 404 g/mol. The SMILES string of the molecule is O=C(O)C1(Cc2ccccc2)N=C(c2ccccc2)OC1(C(F)(F)F)C(F)(F)F. The van der Waals surface area contributed by atoms with E-state index in [0.717, 1.165) is 0 Å². The van der Waals surface area contributed by atoms with Crippen LogP contribution in [0.25, 0.3) is 0 Å². The molecule has 4 nitrogen and oxygen atoms in total. The van der Waals surface area contributed by atoms with Crippen LogP contribution in [0, 0.1) is 0 Å². The van der Waals surface area contributed by atoms with Crippen LogP contribution in [0.4, 0.5) is 26.3 Å². The fraction of sp³-hybridized carbons (Fsp3) is 0.263. The van der Waals surface area contributed by atoms with Crippen molar-refractivity contribution in [2.24, 2.45) is 4.99 Å². The van der Waals surface area contributed by atoms with E-state index >= 15 is 0 Å². The Labute approximate surface area is 160 Å². The minimum absolute atomic E-state index is 0.0746. The van der Waals surface area contributed by atoms with Crippen LogP contribution in [-0.4, -0.2) is 40.5 Å². The van der Waals surface area contributed by atoms with Gasteiger partial charge in [-0.3, -0.25) is 0 Å². The summed E-state index contributed by atoms with van der Waals surface area (Å²) in [6.45, 7) is 0. The Balaban J connectivity index is 2.32. The lowest BCUT2D eigenvalue weighted by atomic mass is 9.74. The van der Waals surface area contributed by atoms with Gasteiger partial charge >= 0.3 is 23.9 Å². The Bertz CT molecular complexity index is 910. The molecule has 0 bridgehead atoms. The Hall–Kier alpha value is -3.04. The van der Waals surface area contributed by atoms with Crippen LogP contribution in [-0.2, 0) is 16.0 Å². The smallest absolute Gasteiger partial charge is 0.440 e. The molecule has 0 saturated heterocycles. The quantitative estimate of drug-likeness (QED) is 0.751. The molecule has 10 heteroatoms. The minimum atomic E-state index is -6.13. The summed E-state index contributed by atoms with van der Waals surface area (Å²) in [6, 6.07) is 13.2. The number of hydrogen-bond acceptors (Lipinski definition) is 3. The zero-order chi connectivity index (χ0) is 21.5. The largest absolute Gasteiger partial charge is 0.479 e. The van der Waals surface area contributed by atoms with E-state index in [-0.39, 0.29) is 11.1 Å². The van der Waals surface area contributed by atoms with Crippen LogP contribution in [0.1, 0.15) is 11.1 Å². The van der Waals surface area contributed by atoms with Crippen LogP contribution < -0.4 is 0 Å². The van der Waals surface area contributed by atoms with Crippen LogP contribution in [0.3, 0.4) is 0 Å². The van der Waals surface area contributed by atoms with Crippen molar-refractivity contribution in [2.45, 2.75) is 29.9 Å². The highest BCUT2D eigenvalue weighted by atomic mass is 19.4. The third kappa shape index (κ3) is 3.12. The van der Waals surface area contributed by atoms with Crippen molar-refractivity contribution in [1.82, 2.24) is 0 Å². The van der Waals surface area contributed by atoms with Gasteiger partial charge in [0.15, 0.2) is 0 Å². The van der Waals surface area contributed by atoms with Gasteiger partial charge in [-0.15, -0.1) is 0 Å².